The van der Waals surface area contributed by atoms with Crippen LogP contribution in [0, 0.1) is 11.8 Å². The summed E-state index contributed by atoms with van der Waals surface area (Å²) in [5.41, 5.74) is 10.8. The Morgan fingerprint density at radius 2 is 1.82 bits per heavy atom. The minimum atomic E-state index is -0.432. The summed E-state index contributed by atoms with van der Waals surface area (Å²) in [5.74, 6) is 6.63. The van der Waals surface area contributed by atoms with E-state index in [9.17, 15) is 9.59 Å². The second-order valence-electron chi connectivity index (χ2n) is 10.2. The number of piperidine rings is 1. The average Bonchev–Trinajstić information content (AvgIpc) is 3.25. The van der Waals surface area contributed by atoms with Gasteiger partial charge in [-0.3, -0.25) is 23.5 Å². The lowest BCUT2D eigenvalue weighted by molar-refractivity contribution is 0.496. The zero-order valence-corrected chi connectivity index (χ0v) is 22.2. The lowest BCUT2D eigenvalue weighted by atomic mass is 9.98. The number of aromatic nitrogens is 4. The third-order valence-corrected chi connectivity index (χ3v) is 7.63. The van der Waals surface area contributed by atoms with Crippen molar-refractivity contribution in [3.63, 3.8) is 0 Å². The van der Waals surface area contributed by atoms with E-state index >= 15 is 0 Å². The number of anilines is 1. The Bertz CT molecular complexity index is 1800. The van der Waals surface area contributed by atoms with Crippen molar-refractivity contribution in [2.24, 2.45) is 17.8 Å². The molecule has 0 spiro atoms. The molecule has 1 fully saturated rings. The summed E-state index contributed by atoms with van der Waals surface area (Å²) in [6.07, 6.45) is 2.62. The van der Waals surface area contributed by atoms with E-state index in [0.717, 1.165) is 48.2 Å². The smallest absolute Gasteiger partial charge is 0.332 e. The van der Waals surface area contributed by atoms with Gasteiger partial charge in [0.1, 0.15) is 0 Å². The number of benzene rings is 2. The maximum absolute atomic E-state index is 14.1. The highest BCUT2D eigenvalue weighted by Gasteiger charge is 2.27. The number of nitrogens with zero attached hydrogens (tertiary/aromatic N) is 6. The number of aryl methyl sites for hydroxylation is 1. The Hall–Kier alpha value is -4.42. The fraction of sp³-hybridized carbons (Fsp3) is 0.333. The fourth-order valence-electron chi connectivity index (χ4n) is 5.65. The van der Waals surface area contributed by atoms with Crippen molar-refractivity contribution in [2.75, 3.05) is 18.0 Å². The first-order valence-corrected chi connectivity index (χ1v) is 13.3. The second kappa shape index (κ2) is 10.0. The van der Waals surface area contributed by atoms with Crippen molar-refractivity contribution in [1.29, 1.82) is 0 Å². The molecule has 2 aliphatic heterocycles. The summed E-state index contributed by atoms with van der Waals surface area (Å²) >= 11 is 0. The van der Waals surface area contributed by atoms with Gasteiger partial charge in [-0.25, -0.2) is 4.79 Å². The normalized spacial score (nSPS) is 16.6. The van der Waals surface area contributed by atoms with Crippen LogP contribution in [0.5, 0.6) is 0 Å². The van der Waals surface area contributed by atoms with Gasteiger partial charge in [0.15, 0.2) is 11.2 Å². The molecule has 2 aliphatic rings. The average molecular weight is 522 g/mol. The molecule has 9 heteroatoms. The van der Waals surface area contributed by atoms with Gasteiger partial charge < -0.3 is 10.6 Å². The summed E-state index contributed by atoms with van der Waals surface area (Å²) in [4.78, 5) is 39.6. The minimum Gasteiger partial charge on any atom is -0.341 e. The van der Waals surface area contributed by atoms with Gasteiger partial charge in [-0.15, -0.1) is 5.92 Å². The Morgan fingerprint density at radius 3 is 2.62 bits per heavy atom. The number of rotatable bonds is 4. The Morgan fingerprint density at radius 1 is 1.05 bits per heavy atom. The van der Waals surface area contributed by atoms with E-state index in [2.05, 4.69) is 28.9 Å². The molecule has 0 aliphatic carbocycles. The first-order chi connectivity index (χ1) is 19.0. The monoisotopic (exact) mass is 521 g/mol. The van der Waals surface area contributed by atoms with Gasteiger partial charge in [-0.2, -0.15) is 4.98 Å². The quantitative estimate of drug-likeness (QED) is 0.416. The minimum absolute atomic E-state index is 0.0287. The van der Waals surface area contributed by atoms with Gasteiger partial charge in [0.2, 0.25) is 5.95 Å². The summed E-state index contributed by atoms with van der Waals surface area (Å²) in [5, 5.41) is 0. The molecule has 0 bridgehead atoms. The van der Waals surface area contributed by atoms with Gasteiger partial charge >= 0.3 is 5.69 Å². The summed E-state index contributed by atoms with van der Waals surface area (Å²) in [6.45, 7) is 3.52. The first-order valence-electron chi connectivity index (χ1n) is 13.3. The number of para-hydroxylation sites is 1. The molecule has 9 nitrogen and oxygen atoms in total. The van der Waals surface area contributed by atoms with Gasteiger partial charge in [-0.05, 0) is 37.0 Å². The predicted octanol–water partition coefficient (Wildman–Crippen LogP) is 2.57. The molecule has 2 aromatic heterocycles. The molecule has 0 saturated carbocycles. The fourth-order valence-corrected chi connectivity index (χ4v) is 5.65. The highest BCUT2D eigenvalue weighted by Crippen LogP contribution is 2.29. The van der Waals surface area contributed by atoms with Crippen LogP contribution in [-0.4, -0.2) is 43.5 Å². The molecule has 1 saturated heterocycles. The maximum Gasteiger partial charge on any atom is 0.332 e. The molecule has 2 N–H and O–H groups in total. The van der Waals surface area contributed by atoms with E-state index in [1.165, 1.54) is 9.13 Å². The topological polar surface area (TPSA) is 103 Å². The molecule has 2 aromatic carbocycles. The maximum atomic E-state index is 14.1. The number of fused-ring (bicyclic) bond motifs is 3. The molecule has 4 heterocycles. The molecule has 198 valence electrons. The largest absolute Gasteiger partial charge is 0.341 e. The zero-order valence-electron chi connectivity index (χ0n) is 22.2. The van der Waals surface area contributed by atoms with E-state index in [1.807, 2.05) is 41.0 Å². The van der Waals surface area contributed by atoms with Crippen LogP contribution < -0.4 is 21.9 Å². The predicted molar refractivity (Wildman–Crippen MR) is 154 cm³/mol. The Labute approximate surface area is 226 Å². The number of hydrogen-bond donors (Lipinski definition) is 1. The standard InChI is InChI=1S/C30H31N7O2/c1-3-4-16-36-26-27(33-29(36)35-15-9-12-22(31)18-35)34(2)30(39)37(28(26)38)19-25-23-13-7-5-10-20(23)17-21-11-6-8-14-24(21)32-25/h5-8,10-11,13-14,22H,9,12,15-19,31H2,1-2H3/t22-/m1/s1. The second-order valence-corrected chi connectivity index (χ2v) is 10.2. The van der Waals surface area contributed by atoms with E-state index < -0.39 is 11.2 Å². The van der Waals surface area contributed by atoms with Crippen molar-refractivity contribution in [3.05, 3.63) is 86.1 Å². The van der Waals surface area contributed by atoms with E-state index in [-0.39, 0.29) is 12.6 Å². The molecule has 6 rings (SSSR count). The molecule has 0 amide bonds. The molecule has 0 radical (unpaired) electrons. The molecule has 39 heavy (non-hydrogen) atoms. The van der Waals surface area contributed by atoms with Crippen LogP contribution in [0.1, 0.15) is 36.5 Å². The summed E-state index contributed by atoms with van der Waals surface area (Å²) < 4.78 is 4.56. The van der Waals surface area contributed by atoms with Crippen LogP contribution in [-0.2, 0) is 26.6 Å². The Kier molecular flexibility index (Phi) is 6.41. The summed E-state index contributed by atoms with van der Waals surface area (Å²) in [6, 6.07) is 16.1. The summed E-state index contributed by atoms with van der Waals surface area (Å²) in [7, 11) is 1.66. The Balaban J connectivity index is 1.54. The van der Waals surface area contributed by atoms with E-state index in [0.29, 0.717) is 35.9 Å². The van der Waals surface area contributed by atoms with Gasteiger partial charge in [0.25, 0.3) is 5.56 Å². The van der Waals surface area contributed by atoms with Gasteiger partial charge in [0.05, 0.1) is 24.5 Å². The third kappa shape index (κ3) is 4.37. The number of nitrogens with two attached hydrogens (primary N) is 1. The SMILES string of the molecule is CC#CCn1c(N2CCC[C@@H](N)C2)nc2c1c(=O)n(CC1=Nc3ccccc3Cc3ccccc31)c(=O)n2C. The van der Waals surface area contributed by atoms with Crippen molar-refractivity contribution in [1.82, 2.24) is 18.7 Å². The van der Waals surface area contributed by atoms with Crippen LogP contribution in [0.15, 0.2) is 63.1 Å². The van der Waals surface area contributed by atoms with E-state index in [1.54, 1.807) is 14.0 Å². The molecular weight excluding hydrogens is 490 g/mol. The number of hydrogen-bond acceptors (Lipinski definition) is 6. The number of aliphatic imine (C=N–C) groups is 1. The van der Waals surface area contributed by atoms with Crippen LogP contribution in [0.3, 0.4) is 0 Å². The van der Waals surface area contributed by atoms with Crippen LogP contribution in [0.4, 0.5) is 11.6 Å². The van der Waals surface area contributed by atoms with E-state index in [4.69, 9.17) is 15.7 Å². The lowest BCUT2D eigenvalue weighted by Crippen LogP contribution is -2.44. The van der Waals surface area contributed by atoms with Gasteiger partial charge in [-0.1, -0.05) is 48.4 Å². The van der Waals surface area contributed by atoms with Crippen molar-refractivity contribution >= 4 is 28.5 Å². The first kappa shape index (κ1) is 24.9. The van der Waals surface area contributed by atoms with Gasteiger partial charge in [0, 0.05) is 38.2 Å². The van der Waals surface area contributed by atoms with Crippen LogP contribution in [0.2, 0.25) is 0 Å². The third-order valence-electron chi connectivity index (χ3n) is 7.63. The van der Waals surface area contributed by atoms with Crippen LogP contribution >= 0.6 is 0 Å². The molecular formula is C30H31N7O2. The zero-order chi connectivity index (χ0) is 27.1. The van der Waals surface area contributed by atoms with Crippen molar-refractivity contribution < 1.29 is 0 Å². The number of imidazole rings is 1. The van der Waals surface area contributed by atoms with Crippen LogP contribution in [0.25, 0.3) is 11.2 Å². The lowest BCUT2D eigenvalue weighted by Gasteiger charge is -2.31. The highest BCUT2D eigenvalue weighted by atomic mass is 16.2. The molecule has 1 atom stereocenters. The van der Waals surface area contributed by atoms with Crippen molar-refractivity contribution in [2.45, 2.75) is 45.3 Å². The molecule has 0 unspecified atom stereocenters. The van der Waals surface area contributed by atoms with Crippen molar-refractivity contribution in [3.8, 4) is 11.8 Å². The molecule has 4 aromatic rings. The highest BCUT2D eigenvalue weighted by molar-refractivity contribution is 6.04.